The van der Waals surface area contributed by atoms with Crippen LogP contribution in [0.5, 0.6) is 0 Å². The number of piperidine rings is 1. The Labute approximate surface area is 122 Å². The number of thiazole rings is 1. The summed E-state index contributed by atoms with van der Waals surface area (Å²) >= 11 is 1.55. The highest BCUT2D eigenvalue weighted by Gasteiger charge is 2.19. The van der Waals surface area contributed by atoms with E-state index in [4.69, 9.17) is 0 Å². The van der Waals surface area contributed by atoms with E-state index in [1.165, 1.54) is 0 Å². The molecule has 6 heteroatoms. The minimum Gasteiger partial charge on any atom is -0.346 e. The second kappa shape index (κ2) is 6.19. The Morgan fingerprint density at radius 2 is 2.35 bits per heavy atom. The molecule has 1 fully saturated rings. The first-order valence-electron chi connectivity index (χ1n) is 6.88. The molecular weight excluding hydrogens is 272 g/mol. The molecule has 3 rings (SSSR count). The Bertz CT molecular complexity index is 558. The minimum atomic E-state index is -0.0121. The van der Waals surface area contributed by atoms with Gasteiger partial charge in [-0.05, 0) is 38.1 Å². The highest BCUT2D eigenvalue weighted by molar-refractivity contribution is 7.09. The van der Waals surface area contributed by atoms with Gasteiger partial charge in [-0.25, -0.2) is 0 Å². The molecule has 0 aromatic carbocycles. The lowest BCUT2D eigenvalue weighted by Gasteiger charge is -2.25. The predicted octanol–water partition coefficient (Wildman–Crippen LogP) is 1.80. The first-order chi connectivity index (χ1) is 9.84. The van der Waals surface area contributed by atoms with Crippen LogP contribution in [0.2, 0.25) is 0 Å². The van der Waals surface area contributed by atoms with Crippen LogP contribution in [0.15, 0.2) is 30.0 Å². The van der Waals surface area contributed by atoms with Crippen molar-refractivity contribution >= 4 is 17.2 Å². The molecule has 0 aliphatic carbocycles. The fraction of sp³-hybridized carbons (Fsp3) is 0.429. The second-order valence-electron chi connectivity index (χ2n) is 4.93. The van der Waals surface area contributed by atoms with E-state index in [1.54, 1.807) is 23.0 Å². The molecule has 2 aromatic rings. The Balaban J connectivity index is 1.67. The quantitative estimate of drug-likeness (QED) is 0.902. The molecule has 3 heterocycles. The maximum absolute atomic E-state index is 12.3. The number of hydrogen-bond acceptors (Lipinski definition) is 4. The Morgan fingerprint density at radius 1 is 1.50 bits per heavy atom. The average molecular weight is 290 g/mol. The number of carbonyl (C=O) groups excluding carboxylic acids is 1. The summed E-state index contributed by atoms with van der Waals surface area (Å²) in [5.74, 6) is -0.0121. The van der Waals surface area contributed by atoms with E-state index in [0.29, 0.717) is 12.6 Å². The molecule has 0 saturated carbocycles. The third-order valence-electron chi connectivity index (χ3n) is 3.62. The monoisotopic (exact) mass is 290 g/mol. The van der Waals surface area contributed by atoms with Gasteiger partial charge in [0.15, 0.2) is 0 Å². The maximum Gasteiger partial charge on any atom is 0.268 e. The summed E-state index contributed by atoms with van der Waals surface area (Å²) in [5.41, 5.74) is 2.53. The van der Waals surface area contributed by atoms with Gasteiger partial charge in [-0.2, -0.15) is 0 Å². The maximum atomic E-state index is 12.3. The Kier molecular flexibility index (Phi) is 4.13. The van der Waals surface area contributed by atoms with E-state index in [0.717, 1.165) is 36.5 Å². The lowest BCUT2D eigenvalue weighted by Crippen LogP contribution is -2.32. The molecular formula is C14H18N4OS. The van der Waals surface area contributed by atoms with E-state index < -0.39 is 0 Å². The number of nitrogens with one attached hydrogen (secondary N) is 2. The lowest BCUT2D eigenvalue weighted by molar-refractivity contribution is 0.0938. The van der Waals surface area contributed by atoms with Crippen LogP contribution in [0, 0.1) is 0 Å². The smallest absolute Gasteiger partial charge is 0.268 e. The molecule has 2 aromatic heterocycles. The van der Waals surface area contributed by atoms with Gasteiger partial charge in [-0.15, -0.1) is 11.3 Å². The van der Waals surface area contributed by atoms with Crippen molar-refractivity contribution in [2.45, 2.75) is 25.4 Å². The molecule has 1 aliphatic heterocycles. The molecule has 0 atom stereocenters. The molecule has 5 nitrogen and oxygen atoms in total. The highest BCUT2D eigenvalue weighted by atomic mass is 32.1. The first kappa shape index (κ1) is 13.3. The van der Waals surface area contributed by atoms with Gasteiger partial charge in [0.2, 0.25) is 0 Å². The van der Waals surface area contributed by atoms with Gasteiger partial charge in [0.1, 0.15) is 5.69 Å². The molecule has 0 bridgehead atoms. The average Bonchev–Trinajstić information content (AvgIpc) is 3.17. The van der Waals surface area contributed by atoms with Crippen LogP contribution >= 0.6 is 11.3 Å². The summed E-state index contributed by atoms with van der Waals surface area (Å²) in [6, 6.07) is 4.27. The highest BCUT2D eigenvalue weighted by Crippen LogP contribution is 2.21. The molecule has 1 amide bonds. The summed E-state index contributed by atoms with van der Waals surface area (Å²) in [5, 5.41) is 6.31. The van der Waals surface area contributed by atoms with Gasteiger partial charge in [0, 0.05) is 23.3 Å². The third-order valence-corrected chi connectivity index (χ3v) is 4.40. The summed E-state index contributed by atoms with van der Waals surface area (Å²) in [7, 11) is 0. The molecule has 20 heavy (non-hydrogen) atoms. The normalized spacial score (nSPS) is 16.2. The minimum absolute atomic E-state index is 0.0121. The number of amides is 1. The van der Waals surface area contributed by atoms with Gasteiger partial charge in [0.05, 0.1) is 12.1 Å². The first-order valence-corrected chi connectivity index (χ1v) is 7.75. The van der Waals surface area contributed by atoms with Crippen LogP contribution in [-0.4, -0.2) is 28.5 Å². The molecule has 0 spiro atoms. The number of carbonyl (C=O) groups is 1. The van der Waals surface area contributed by atoms with E-state index in [9.17, 15) is 4.79 Å². The zero-order chi connectivity index (χ0) is 13.8. The second-order valence-corrected chi connectivity index (χ2v) is 5.90. The molecule has 0 unspecified atom stereocenters. The van der Waals surface area contributed by atoms with Crippen LogP contribution in [0.3, 0.4) is 0 Å². The molecule has 1 aliphatic rings. The van der Waals surface area contributed by atoms with Crippen molar-refractivity contribution in [1.29, 1.82) is 0 Å². The van der Waals surface area contributed by atoms with Crippen molar-refractivity contribution in [2.24, 2.45) is 0 Å². The molecule has 2 N–H and O–H groups in total. The van der Waals surface area contributed by atoms with Crippen molar-refractivity contribution in [2.75, 3.05) is 13.1 Å². The van der Waals surface area contributed by atoms with Crippen LogP contribution in [0.25, 0.3) is 0 Å². The fourth-order valence-electron chi connectivity index (χ4n) is 2.58. The van der Waals surface area contributed by atoms with Crippen LogP contribution < -0.4 is 10.6 Å². The van der Waals surface area contributed by atoms with Crippen molar-refractivity contribution in [1.82, 2.24) is 20.2 Å². The van der Waals surface area contributed by atoms with Crippen LogP contribution in [-0.2, 0) is 6.54 Å². The van der Waals surface area contributed by atoms with Gasteiger partial charge >= 0.3 is 0 Å². The lowest BCUT2D eigenvalue weighted by atomic mass is 10.1. The Hall–Kier alpha value is -1.66. The number of nitrogens with zero attached hydrogens (tertiary/aromatic N) is 2. The zero-order valence-electron chi connectivity index (χ0n) is 11.2. The van der Waals surface area contributed by atoms with Crippen molar-refractivity contribution < 1.29 is 4.79 Å². The topological polar surface area (TPSA) is 59.0 Å². The SMILES string of the molecule is O=C(NCc1cncs1)c1cccn1C1CCNCC1. The largest absolute Gasteiger partial charge is 0.346 e. The van der Waals surface area contributed by atoms with Crippen LogP contribution in [0.4, 0.5) is 0 Å². The fourth-order valence-corrected chi connectivity index (χ4v) is 3.11. The van der Waals surface area contributed by atoms with Crippen molar-refractivity contribution in [3.8, 4) is 0 Å². The summed E-state index contributed by atoms with van der Waals surface area (Å²) in [6.07, 6.45) is 5.95. The summed E-state index contributed by atoms with van der Waals surface area (Å²) in [4.78, 5) is 17.4. The Morgan fingerprint density at radius 3 is 3.10 bits per heavy atom. The van der Waals surface area contributed by atoms with Gasteiger partial charge in [-0.3, -0.25) is 9.78 Å². The van der Waals surface area contributed by atoms with E-state index in [1.807, 2.05) is 18.3 Å². The van der Waals surface area contributed by atoms with Crippen molar-refractivity contribution in [3.63, 3.8) is 0 Å². The third kappa shape index (κ3) is 2.91. The van der Waals surface area contributed by atoms with E-state index >= 15 is 0 Å². The summed E-state index contributed by atoms with van der Waals surface area (Å²) < 4.78 is 2.11. The molecule has 106 valence electrons. The standard InChI is InChI=1S/C14H18N4OS/c19-14(17-9-12-8-16-10-20-12)13-2-1-7-18(13)11-3-5-15-6-4-11/h1-2,7-8,10-11,15H,3-6,9H2,(H,17,19). The number of rotatable bonds is 4. The molecule has 0 radical (unpaired) electrons. The van der Waals surface area contributed by atoms with Crippen LogP contribution in [0.1, 0.15) is 34.2 Å². The molecule has 1 saturated heterocycles. The van der Waals surface area contributed by atoms with Gasteiger partial charge < -0.3 is 15.2 Å². The van der Waals surface area contributed by atoms with E-state index in [2.05, 4.69) is 20.2 Å². The number of aromatic nitrogens is 2. The predicted molar refractivity (Wildman–Crippen MR) is 78.9 cm³/mol. The van der Waals surface area contributed by atoms with Gasteiger partial charge in [0.25, 0.3) is 5.91 Å². The van der Waals surface area contributed by atoms with E-state index in [-0.39, 0.29) is 5.91 Å². The zero-order valence-corrected chi connectivity index (χ0v) is 12.0. The van der Waals surface area contributed by atoms with Crippen molar-refractivity contribution in [3.05, 3.63) is 40.6 Å². The summed E-state index contributed by atoms with van der Waals surface area (Å²) in [6.45, 7) is 2.58. The number of hydrogen-bond donors (Lipinski definition) is 2. The van der Waals surface area contributed by atoms with Gasteiger partial charge in [-0.1, -0.05) is 0 Å².